The molecule has 1 atom stereocenters. The van der Waals surface area contributed by atoms with Crippen molar-refractivity contribution >= 4 is 29.1 Å². The van der Waals surface area contributed by atoms with E-state index < -0.39 is 4.84 Å². The van der Waals surface area contributed by atoms with Crippen molar-refractivity contribution in [2.45, 2.75) is 49.9 Å². The predicted octanol–water partition coefficient (Wildman–Crippen LogP) is 2.97. The molecule has 0 radical (unpaired) electrons. The second-order valence-electron chi connectivity index (χ2n) is 3.77. The van der Waals surface area contributed by atoms with Gasteiger partial charge in [0.25, 0.3) is 5.91 Å². The Morgan fingerprint density at radius 2 is 2.21 bits per heavy atom. The molecule has 0 N–H and O–H groups in total. The summed E-state index contributed by atoms with van der Waals surface area (Å²) in [6.07, 6.45) is 5.55. The SMILES string of the molecule is CCCC1CCCCN1C(=O)C(Cl)Cl. The van der Waals surface area contributed by atoms with Gasteiger partial charge in [-0.05, 0) is 25.7 Å². The Kier molecular flexibility index (Phi) is 5.04. The Morgan fingerprint density at radius 1 is 1.50 bits per heavy atom. The number of hydrogen-bond acceptors (Lipinski definition) is 1. The van der Waals surface area contributed by atoms with Crippen LogP contribution in [-0.4, -0.2) is 28.2 Å². The van der Waals surface area contributed by atoms with E-state index in [2.05, 4.69) is 6.92 Å². The molecule has 1 fully saturated rings. The second-order valence-corrected chi connectivity index (χ2v) is 4.87. The van der Waals surface area contributed by atoms with Crippen molar-refractivity contribution in [2.75, 3.05) is 6.54 Å². The lowest BCUT2D eigenvalue weighted by molar-refractivity contribution is -0.133. The summed E-state index contributed by atoms with van der Waals surface area (Å²) in [7, 11) is 0. The Balaban J connectivity index is 2.57. The van der Waals surface area contributed by atoms with E-state index in [1.807, 2.05) is 4.90 Å². The van der Waals surface area contributed by atoms with Crippen molar-refractivity contribution in [3.8, 4) is 0 Å². The van der Waals surface area contributed by atoms with Crippen molar-refractivity contribution in [1.82, 2.24) is 4.90 Å². The van der Waals surface area contributed by atoms with E-state index in [4.69, 9.17) is 23.2 Å². The van der Waals surface area contributed by atoms with Crippen LogP contribution in [0.5, 0.6) is 0 Å². The van der Waals surface area contributed by atoms with E-state index in [0.29, 0.717) is 6.04 Å². The maximum Gasteiger partial charge on any atom is 0.256 e. The first-order valence-electron chi connectivity index (χ1n) is 5.25. The first kappa shape index (κ1) is 12.1. The Bertz CT molecular complexity index is 195. The highest BCUT2D eigenvalue weighted by Gasteiger charge is 2.28. The zero-order chi connectivity index (χ0) is 10.6. The van der Waals surface area contributed by atoms with Crippen molar-refractivity contribution in [1.29, 1.82) is 0 Å². The normalized spacial score (nSPS) is 22.9. The molecule has 1 unspecified atom stereocenters. The van der Waals surface area contributed by atoms with Crippen molar-refractivity contribution in [2.24, 2.45) is 0 Å². The van der Waals surface area contributed by atoms with Gasteiger partial charge in [0.2, 0.25) is 0 Å². The minimum Gasteiger partial charge on any atom is -0.337 e. The lowest BCUT2D eigenvalue weighted by atomic mass is 9.98. The monoisotopic (exact) mass is 237 g/mol. The molecule has 2 nitrogen and oxygen atoms in total. The summed E-state index contributed by atoms with van der Waals surface area (Å²) in [4.78, 5) is 12.6. The fourth-order valence-corrected chi connectivity index (χ4v) is 2.30. The Labute approximate surface area is 95.5 Å². The van der Waals surface area contributed by atoms with Crippen LogP contribution in [0.1, 0.15) is 39.0 Å². The summed E-state index contributed by atoms with van der Waals surface area (Å²) in [6.45, 7) is 2.95. The second kappa shape index (κ2) is 5.82. The summed E-state index contributed by atoms with van der Waals surface area (Å²) in [6, 6.07) is 0.362. The average molecular weight is 238 g/mol. The van der Waals surface area contributed by atoms with Crippen LogP contribution in [0.4, 0.5) is 0 Å². The third kappa shape index (κ3) is 3.03. The maximum absolute atomic E-state index is 11.6. The quantitative estimate of drug-likeness (QED) is 0.692. The average Bonchev–Trinajstić information content (AvgIpc) is 2.18. The maximum atomic E-state index is 11.6. The zero-order valence-corrected chi connectivity index (χ0v) is 10.0. The van der Waals surface area contributed by atoms with E-state index >= 15 is 0 Å². The molecule has 0 aromatic heterocycles. The van der Waals surface area contributed by atoms with Gasteiger partial charge >= 0.3 is 0 Å². The molecule has 0 bridgehead atoms. The number of carbonyl (C=O) groups is 1. The van der Waals surface area contributed by atoms with Gasteiger partial charge < -0.3 is 4.90 Å². The van der Waals surface area contributed by atoms with Gasteiger partial charge in [-0.3, -0.25) is 4.79 Å². The number of rotatable bonds is 3. The van der Waals surface area contributed by atoms with Crippen molar-refractivity contribution in [3.63, 3.8) is 0 Å². The minimum atomic E-state index is -0.896. The van der Waals surface area contributed by atoms with E-state index in [1.54, 1.807) is 0 Å². The van der Waals surface area contributed by atoms with Crippen LogP contribution in [0, 0.1) is 0 Å². The molecule has 0 aliphatic carbocycles. The summed E-state index contributed by atoms with van der Waals surface area (Å²) in [5.41, 5.74) is 0. The van der Waals surface area contributed by atoms with Gasteiger partial charge in [0, 0.05) is 12.6 Å². The van der Waals surface area contributed by atoms with Gasteiger partial charge in [0.15, 0.2) is 4.84 Å². The van der Waals surface area contributed by atoms with Crippen LogP contribution in [0.15, 0.2) is 0 Å². The molecule has 1 aliphatic rings. The zero-order valence-electron chi connectivity index (χ0n) is 8.51. The van der Waals surface area contributed by atoms with E-state index in [1.165, 1.54) is 6.42 Å². The standard InChI is InChI=1S/C10H17Cl2NO/c1-2-5-8-6-3-4-7-13(8)10(14)9(11)12/h8-9H,2-7H2,1H3. The molecule has 0 saturated carbocycles. The summed E-state index contributed by atoms with van der Waals surface area (Å²) >= 11 is 11.2. The number of hydrogen-bond donors (Lipinski definition) is 0. The molecule has 1 heterocycles. The third-order valence-corrected chi connectivity index (χ3v) is 3.09. The van der Waals surface area contributed by atoms with Crippen LogP contribution < -0.4 is 0 Å². The molecule has 0 spiro atoms. The number of nitrogens with zero attached hydrogens (tertiary/aromatic N) is 1. The smallest absolute Gasteiger partial charge is 0.256 e. The van der Waals surface area contributed by atoms with Crippen LogP contribution in [0.3, 0.4) is 0 Å². The van der Waals surface area contributed by atoms with Crippen LogP contribution in [0.2, 0.25) is 0 Å². The lowest BCUT2D eigenvalue weighted by Crippen LogP contribution is -2.45. The lowest BCUT2D eigenvalue weighted by Gasteiger charge is -2.36. The van der Waals surface area contributed by atoms with Crippen molar-refractivity contribution in [3.05, 3.63) is 0 Å². The fourth-order valence-electron chi connectivity index (χ4n) is 2.05. The molecule has 1 saturated heterocycles. The topological polar surface area (TPSA) is 20.3 Å². The first-order chi connectivity index (χ1) is 6.66. The highest BCUT2D eigenvalue weighted by Crippen LogP contribution is 2.23. The van der Waals surface area contributed by atoms with E-state index in [-0.39, 0.29) is 5.91 Å². The van der Waals surface area contributed by atoms with Gasteiger partial charge in [0.1, 0.15) is 0 Å². The molecule has 14 heavy (non-hydrogen) atoms. The molecule has 0 aromatic carbocycles. The number of piperidine rings is 1. The molecule has 1 amide bonds. The van der Waals surface area contributed by atoms with E-state index in [9.17, 15) is 4.79 Å². The first-order valence-corrected chi connectivity index (χ1v) is 6.12. The minimum absolute atomic E-state index is 0.119. The molecule has 1 rings (SSSR count). The predicted molar refractivity (Wildman–Crippen MR) is 59.8 cm³/mol. The van der Waals surface area contributed by atoms with Gasteiger partial charge in [-0.1, -0.05) is 36.5 Å². The summed E-state index contributed by atoms with van der Waals surface area (Å²) < 4.78 is 0. The number of alkyl halides is 2. The molecule has 0 aromatic rings. The summed E-state index contributed by atoms with van der Waals surface area (Å²) in [5.74, 6) is -0.119. The van der Waals surface area contributed by atoms with Crippen LogP contribution in [-0.2, 0) is 4.79 Å². The molecule has 4 heteroatoms. The van der Waals surface area contributed by atoms with E-state index in [0.717, 1.165) is 32.2 Å². The Hall–Kier alpha value is 0.0500. The number of halogens is 2. The largest absolute Gasteiger partial charge is 0.337 e. The Morgan fingerprint density at radius 3 is 2.79 bits per heavy atom. The highest BCUT2D eigenvalue weighted by atomic mass is 35.5. The van der Waals surface area contributed by atoms with Gasteiger partial charge in [-0.25, -0.2) is 0 Å². The third-order valence-electron chi connectivity index (χ3n) is 2.72. The molecular formula is C10H17Cl2NO. The summed E-state index contributed by atoms with van der Waals surface area (Å²) in [5, 5.41) is 0. The van der Waals surface area contributed by atoms with Gasteiger partial charge in [-0.15, -0.1) is 0 Å². The number of likely N-dealkylation sites (tertiary alicyclic amines) is 1. The van der Waals surface area contributed by atoms with Crippen LogP contribution >= 0.6 is 23.2 Å². The van der Waals surface area contributed by atoms with Crippen LogP contribution in [0.25, 0.3) is 0 Å². The molecular weight excluding hydrogens is 221 g/mol. The number of amides is 1. The van der Waals surface area contributed by atoms with Crippen molar-refractivity contribution < 1.29 is 4.79 Å². The molecule has 1 aliphatic heterocycles. The van der Waals surface area contributed by atoms with Gasteiger partial charge in [0.05, 0.1) is 0 Å². The number of carbonyl (C=O) groups excluding carboxylic acids is 1. The highest BCUT2D eigenvalue weighted by molar-refractivity contribution is 6.53. The van der Waals surface area contributed by atoms with Gasteiger partial charge in [-0.2, -0.15) is 0 Å². The fraction of sp³-hybridized carbons (Fsp3) is 0.900. The molecule has 82 valence electrons.